The SMILES string of the molecule is CNCCOCCOCCOCCN(C)C(C(=O)NCC(C)=O)C(C)C. The van der Waals surface area contributed by atoms with Gasteiger partial charge in [0.15, 0.2) is 0 Å². The molecule has 0 rings (SSSR count). The van der Waals surface area contributed by atoms with Gasteiger partial charge in [-0.3, -0.25) is 14.5 Å². The van der Waals surface area contributed by atoms with Gasteiger partial charge in [-0.05, 0) is 26.9 Å². The molecule has 0 aromatic heterocycles. The predicted octanol–water partition coefficient (Wildman–Crippen LogP) is -0.0828. The Kier molecular flexibility index (Phi) is 15.5. The zero-order valence-corrected chi connectivity index (χ0v) is 17.0. The van der Waals surface area contributed by atoms with Crippen molar-refractivity contribution in [2.24, 2.45) is 5.92 Å². The van der Waals surface area contributed by atoms with Gasteiger partial charge >= 0.3 is 0 Å². The van der Waals surface area contributed by atoms with Gasteiger partial charge in [-0.15, -0.1) is 0 Å². The van der Waals surface area contributed by atoms with Crippen molar-refractivity contribution in [3.05, 3.63) is 0 Å². The van der Waals surface area contributed by atoms with Crippen LogP contribution in [0.1, 0.15) is 20.8 Å². The maximum atomic E-state index is 12.3. The first-order chi connectivity index (χ1) is 12.4. The maximum Gasteiger partial charge on any atom is 0.237 e. The van der Waals surface area contributed by atoms with E-state index in [1.54, 1.807) is 0 Å². The van der Waals surface area contributed by atoms with E-state index in [4.69, 9.17) is 14.2 Å². The first kappa shape index (κ1) is 24.9. The van der Waals surface area contributed by atoms with Crippen LogP contribution in [0.15, 0.2) is 0 Å². The number of likely N-dealkylation sites (N-methyl/N-ethyl adjacent to an activating group) is 2. The fraction of sp³-hybridized carbons (Fsp3) is 0.889. The predicted molar refractivity (Wildman–Crippen MR) is 101 cm³/mol. The van der Waals surface area contributed by atoms with E-state index >= 15 is 0 Å². The van der Waals surface area contributed by atoms with Gasteiger partial charge in [0.25, 0.3) is 0 Å². The summed E-state index contributed by atoms with van der Waals surface area (Å²) in [6, 6.07) is -0.288. The van der Waals surface area contributed by atoms with Gasteiger partial charge in [0.05, 0.1) is 52.2 Å². The molecule has 0 aliphatic carbocycles. The average Bonchev–Trinajstić information content (AvgIpc) is 2.57. The summed E-state index contributed by atoms with van der Waals surface area (Å²) in [7, 11) is 3.77. The zero-order valence-electron chi connectivity index (χ0n) is 17.0. The molecule has 154 valence electrons. The number of ketones is 1. The number of carbonyl (C=O) groups is 2. The minimum absolute atomic E-state index is 0.0562. The van der Waals surface area contributed by atoms with Gasteiger partial charge in [-0.25, -0.2) is 0 Å². The highest BCUT2D eigenvalue weighted by molar-refractivity contribution is 5.87. The van der Waals surface area contributed by atoms with Crippen LogP contribution in [0, 0.1) is 5.92 Å². The Bertz CT molecular complexity index is 380. The molecule has 0 aliphatic rings. The van der Waals surface area contributed by atoms with Crippen molar-refractivity contribution in [3.63, 3.8) is 0 Å². The van der Waals surface area contributed by atoms with Crippen LogP contribution in [0.3, 0.4) is 0 Å². The molecule has 8 heteroatoms. The van der Waals surface area contributed by atoms with Gasteiger partial charge in [-0.1, -0.05) is 13.8 Å². The molecule has 0 saturated heterocycles. The summed E-state index contributed by atoms with van der Waals surface area (Å²) in [5, 5.41) is 5.69. The Balaban J connectivity index is 3.81. The van der Waals surface area contributed by atoms with Gasteiger partial charge in [0.1, 0.15) is 5.78 Å². The number of Topliss-reactive ketones (excluding diaryl/α,β-unsaturated/α-hetero) is 1. The molecule has 0 radical (unpaired) electrons. The van der Waals surface area contributed by atoms with Crippen LogP contribution in [0.25, 0.3) is 0 Å². The Labute approximate surface area is 157 Å². The molecule has 0 spiro atoms. The second kappa shape index (κ2) is 16.1. The van der Waals surface area contributed by atoms with Crippen molar-refractivity contribution < 1.29 is 23.8 Å². The Morgan fingerprint density at radius 2 is 1.50 bits per heavy atom. The van der Waals surface area contributed by atoms with Gasteiger partial charge in [0, 0.05) is 13.1 Å². The molecule has 0 heterocycles. The fourth-order valence-corrected chi connectivity index (χ4v) is 2.39. The second-order valence-corrected chi connectivity index (χ2v) is 6.53. The number of carbonyl (C=O) groups excluding carboxylic acids is 2. The lowest BCUT2D eigenvalue weighted by Crippen LogP contribution is -2.50. The molecule has 0 saturated carbocycles. The summed E-state index contributed by atoms with van der Waals surface area (Å²) >= 11 is 0. The summed E-state index contributed by atoms with van der Waals surface area (Å²) in [5.41, 5.74) is 0. The van der Waals surface area contributed by atoms with E-state index in [2.05, 4.69) is 10.6 Å². The molecule has 1 atom stereocenters. The fourth-order valence-electron chi connectivity index (χ4n) is 2.39. The third-order valence-corrected chi connectivity index (χ3v) is 3.72. The molecule has 0 bridgehead atoms. The standard InChI is InChI=1S/C18H37N3O5/c1-15(2)17(18(23)20-14-16(3)22)21(5)7-9-25-11-13-26-12-10-24-8-6-19-4/h15,17,19H,6-14H2,1-5H3,(H,20,23). The molecular weight excluding hydrogens is 338 g/mol. The van der Waals surface area contributed by atoms with Gasteiger partial charge in [-0.2, -0.15) is 0 Å². The summed E-state index contributed by atoms with van der Waals surface area (Å²) in [5.74, 6) is -0.0446. The van der Waals surface area contributed by atoms with Crippen LogP contribution in [0.5, 0.6) is 0 Å². The highest BCUT2D eigenvalue weighted by atomic mass is 16.5. The first-order valence-electron chi connectivity index (χ1n) is 9.25. The molecule has 0 aromatic carbocycles. The van der Waals surface area contributed by atoms with Crippen molar-refractivity contribution in [1.82, 2.24) is 15.5 Å². The van der Waals surface area contributed by atoms with Gasteiger partial charge in [0.2, 0.25) is 5.91 Å². The van der Waals surface area contributed by atoms with Crippen molar-refractivity contribution >= 4 is 11.7 Å². The summed E-state index contributed by atoms with van der Waals surface area (Å²) < 4.78 is 16.3. The number of rotatable bonds is 17. The molecule has 8 nitrogen and oxygen atoms in total. The van der Waals surface area contributed by atoms with E-state index in [-0.39, 0.29) is 30.2 Å². The Morgan fingerprint density at radius 1 is 0.962 bits per heavy atom. The van der Waals surface area contributed by atoms with Gasteiger partial charge < -0.3 is 24.8 Å². The highest BCUT2D eigenvalue weighted by Gasteiger charge is 2.26. The number of amides is 1. The smallest absolute Gasteiger partial charge is 0.237 e. The summed E-state index contributed by atoms with van der Waals surface area (Å²) in [6.07, 6.45) is 0. The molecule has 1 amide bonds. The Hall–Kier alpha value is -1.06. The first-order valence-corrected chi connectivity index (χ1v) is 9.25. The lowest BCUT2D eigenvalue weighted by atomic mass is 10.0. The van der Waals surface area contributed by atoms with E-state index in [1.807, 2.05) is 32.8 Å². The van der Waals surface area contributed by atoms with Crippen LogP contribution in [-0.2, 0) is 23.8 Å². The maximum absolute atomic E-state index is 12.3. The van der Waals surface area contributed by atoms with Crippen LogP contribution in [0.4, 0.5) is 0 Å². The molecule has 0 fully saturated rings. The normalized spacial score (nSPS) is 12.6. The van der Waals surface area contributed by atoms with Crippen LogP contribution >= 0.6 is 0 Å². The largest absolute Gasteiger partial charge is 0.378 e. The van der Waals surface area contributed by atoms with E-state index in [9.17, 15) is 9.59 Å². The highest BCUT2D eigenvalue weighted by Crippen LogP contribution is 2.09. The third-order valence-electron chi connectivity index (χ3n) is 3.72. The van der Waals surface area contributed by atoms with Crippen molar-refractivity contribution in [2.45, 2.75) is 26.8 Å². The summed E-state index contributed by atoms with van der Waals surface area (Å²) in [4.78, 5) is 25.2. The van der Waals surface area contributed by atoms with E-state index in [1.165, 1.54) is 6.92 Å². The number of ether oxygens (including phenoxy) is 3. The number of nitrogens with one attached hydrogen (secondary N) is 2. The monoisotopic (exact) mass is 375 g/mol. The molecule has 2 N–H and O–H groups in total. The molecule has 1 unspecified atom stereocenters. The minimum Gasteiger partial charge on any atom is -0.378 e. The third kappa shape index (κ3) is 13.2. The number of hydrogen-bond acceptors (Lipinski definition) is 7. The zero-order chi connectivity index (χ0) is 19.8. The molecule has 0 aromatic rings. The molecule has 0 aliphatic heterocycles. The lowest BCUT2D eigenvalue weighted by molar-refractivity contribution is -0.129. The number of nitrogens with zero attached hydrogens (tertiary/aromatic N) is 1. The van der Waals surface area contributed by atoms with E-state index in [0.717, 1.165) is 6.54 Å². The van der Waals surface area contributed by atoms with E-state index < -0.39 is 0 Å². The second-order valence-electron chi connectivity index (χ2n) is 6.53. The molecule has 26 heavy (non-hydrogen) atoms. The van der Waals surface area contributed by atoms with Crippen molar-refractivity contribution in [2.75, 3.05) is 73.4 Å². The Morgan fingerprint density at radius 3 is 2.00 bits per heavy atom. The van der Waals surface area contributed by atoms with Crippen molar-refractivity contribution in [3.8, 4) is 0 Å². The average molecular weight is 376 g/mol. The van der Waals surface area contributed by atoms with Crippen molar-refractivity contribution in [1.29, 1.82) is 0 Å². The van der Waals surface area contributed by atoms with Crippen LogP contribution < -0.4 is 10.6 Å². The molecular formula is C18H37N3O5. The lowest BCUT2D eigenvalue weighted by Gasteiger charge is -2.29. The van der Waals surface area contributed by atoms with E-state index in [0.29, 0.717) is 46.2 Å². The minimum atomic E-state index is -0.288. The quantitative estimate of drug-likeness (QED) is 0.344. The van der Waals surface area contributed by atoms with Crippen LogP contribution in [-0.4, -0.2) is 96.0 Å². The number of hydrogen-bond donors (Lipinski definition) is 2. The summed E-state index contributed by atoms with van der Waals surface area (Å²) in [6.45, 7) is 10.3. The van der Waals surface area contributed by atoms with Crippen LogP contribution in [0.2, 0.25) is 0 Å². The topological polar surface area (TPSA) is 89.1 Å².